The fourth-order valence-electron chi connectivity index (χ4n) is 6.01. The number of aliphatic hydroxyl groups is 1. The van der Waals surface area contributed by atoms with Crippen molar-refractivity contribution in [2.24, 2.45) is 28.9 Å². The number of hydrogen-bond donors (Lipinski definition) is 4. The van der Waals surface area contributed by atoms with E-state index >= 15 is 0 Å². The van der Waals surface area contributed by atoms with Gasteiger partial charge < -0.3 is 21.1 Å². The average molecular weight is 341 g/mol. The van der Waals surface area contributed by atoms with Crippen molar-refractivity contribution in [3.8, 4) is 0 Å². The van der Waals surface area contributed by atoms with Crippen molar-refractivity contribution in [2.75, 3.05) is 11.9 Å². The lowest BCUT2D eigenvalue weighted by Gasteiger charge is -2.60. The number of primary amides is 1. The number of nitrogens with two attached hydrogens (primary N) is 1. The van der Waals surface area contributed by atoms with Crippen LogP contribution in [0, 0.1) is 23.2 Å². The highest BCUT2D eigenvalue weighted by Gasteiger charge is 2.55. The van der Waals surface area contributed by atoms with Gasteiger partial charge in [0.1, 0.15) is 5.52 Å². The molecule has 2 aromatic rings. The number of pyridine rings is 1. The molecule has 4 bridgehead atoms. The predicted molar refractivity (Wildman–Crippen MR) is 92.9 cm³/mol. The Hall–Kier alpha value is -2.15. The number of hydrogen-bond acceptors (Lipinski definition) is 5. The second-order valence-corrected chi connectivity index (χ2v) is 8.31. The van der Waals surface area contributed by atoms with Gasteiger partial charge in [-0.15, -0.1) is 0 Å². The molecule has 7 heteroatoms. The van der Waals surface area contributed by atoms with Crippen molar-refractivity contribution in [1.29, 1.82) is 0 Å². The molecule has 132 valence electrons. The maximum Gasteiger partial charge on any atom is 0.252 e. The number of aliphatic hydroxyl groups excluding tert-OH is 1. The van der Waals surface area contributed by atoms with Gasteiger partial charge in [0, 0.05) is 18.8 Å². The first-order valence-electron chi connectivity index (χ1n) is 9.08. The van der Waals surface area contributed by atoms with Crippen molar-refractivity contribution < 1.29 is 9.90 Å². The molecule has 2 atom stereocenters. The third-order valence-electron chi connectivity index (χ3n) is 6.76. The highest BCUT2D eigenvalue weighted by molar-refractivity contribution is 6.04. The first-order chi connectivity index (χ1) is 12.1. The summed E-state index contributed by atoms with van der Waals surface area (Å²) in [6.45, 7) is 0.300. The van der Waals surface area contributed by atoms with E-state index in [0.29, 0.717) is 46.9 Å². The van der Waals surface area contributed by atoms with Crippen LogP contribution in [0.3, 0.4) is 0 Å². The first-order valence-corrected chi connectivity index (χ1v) is 9.08. The quantitative estimate of drug-likeness (QED) is 0.675. The van der Waals surface area contributed by atoms with Crippen molar-refractivity contribution in [1.82, 2.24) is 15.0 Å². The molecule has 2 unspecified atom stereocenters. The Morgan fingerprint density at radius 3 is 2.76 bits per heavy atom. The van der Waals surface area contributed by atoms with Crippen molar-refractivity contribution >= 4 is 22.8 Å². The van der Waals surface area contributed by atoms with Crippen LogP contribution in [0.25, 0.3) is 11.2 Å². The Morgan fingerprint density at radius 2 is 2.08 bits per heavy atom. The lowest BCUT2D eigenvalue weighted by Crippen LogP contribution is -2.57. The number of H-pyrrole nitrogens is 1. The summed E-state index contributed by atoms with van der Waals surface area (Å²) in [5.74, 6) is 1.30. The van der Waals surface area contributed by atoms with Crippen LogP contribution >= 0.6 is 0 Å². The van der Waals surface area contributed by atoms with Crippen LogP contribution in [0.15, 0.2) is 12.5 Å². The average Bonchev–Trinajstić information content (AvgIpc) is 3.06. The first kappa shape index (κ1) is 15.1. The second-order valence-electron chi connectivity index (χ2n) is 8.31. The van der Waals surface area contributed by atoms with Gasteiger partial charge in [-0.2, -0.15) is 0 Å². The molecule has 1 amide bonds. The number of rotatable bonds is 4. The molecule has 0 aliphatic heterocycles. The molecule has 2 heterocycles. The van der Waals surface area contributed by atoms with Crippen molar-refractivity contribution in [3.05, 3.63) is 18.1 Å². The van der Waals surface area contributed by atoms with Gasteiger partial charge in [0.05, 0.1) is 17.6 Å². The fraction of sp³-hybridized carbons (Fsp3) is 0.611. The summed E-state index contributed by atoms with van der Waals surface area (Å²) in [6.07, 6.45) is 8.83. The molecule has 0 aromatic carbocycles. The fourth-order valence-corrected chi connectivity index (χ4v) is 6.01. The summed E-state index contributed by atoms with van der Waals surface area (Å²) in [4.78, 5) is 23.5. The van der Waals surface area contributed by atoms with E-state index in [0.717, 1.165) is 18.8 Å². The summed E-state index contributed by atoms with van der Waals surface area (Å²) < 4.78 is 0. The number of nitrogens with zero attached hydrogens (tertiary/aromatic N) is 2. The third kappa shape index (κ3) is 2.18. The highest BCUT2D eigenvalue weighted by atomic mass is 16.3. The Kier molecular flexibility index (Phi) is 3.13. The van der Waals surface area contributed by atoms with Gasteiger partial charge in [0.25, 0.3) is 5.91 Å². The molecule has 4 saturated carbocycles. The number of aromatic nitrogens is 3. The van der Waals surface area contributed by atoms with Gasteiger partial charge >= 0.3 is 0 Å². The monoisotopic (exact) mass is 341 g/mol. The van der Waals surface area contributed by atoms with Gasteiger partial charge in [0.2, 0.25) is 0 Å². The lowest BCUT2D eigenvalue weighted by molar-refractivity contribution is -0.0868. The Labute approximate surface area is 145 Å². The van der Waals surface area contributed by atoms with Crippen LogP contribution in [-0.4, -0.2) is 38.6 Å². The zero-order valence-corrected chi connectivity index (χ0v) is 14.0. The zero-order chi connectivity index (χ0) is 17.2. The molecule has 2 aromatic heterocycles. The van der Waals surface area contributed by atoms with Gasteiger partial charge in [-0.25, -0.2) is 9.97 Å². The normalized spacial score (nSPS) is 36.0. The van der Waals surface area contributed by atoms with Crippen LogP contribution in [-0.2, 0) is 0 Å². The van der Waals surface area contributed by atoms with Crippen LogP contribution in [0.4, 0.5) is 5.69 Å². The summed E-state index contributed by atoms with van der Waals surface area (Å²) >= 11 is 0. The topological polar surface area (TPSA) is 117 Å². The number of carbonyl (C=O) groups excluding carboxylic acids is 1. The SMILES string of the molecule is NC(=O)c1cnc2[nH]cnc2c1NC1C2CC3CC1CC(CO)(C3)C2. The number of nitrogens with one attached hydrogen (secondary N) is 2. The van der Waals surface area contributed by atoms with E-state index < -0.39 is 5.91 Å². The summed E-state index contributed by atoms with van der Waals surface area (Å²) in [7, 11) is 0. The number of imidazole rings is 1. The number of fused-ring (bicyclic) bond motifs is 1. The van der Waals surface area contributed by atoms with E-state index in [9.17, 15) is 9.90 Å². The highest BCUT2D eigenvalue weighted by Crippen LogP contribution is 2.60. The number of amides is 1. The van der Waals surface area contributed by atoms with Crippen LogP contribution < -0.4 is 11.1 Å². The molecule has 0 saturated heterocycles. The largest absolute Gasteiger partial charge is 0.396 e. The standard InChI is InChI=1S/C18H23N5O2/c19-16(25)12-6-20-17-15(21-8-22-17)14(12)23-13-10-1-9-2-11(13)5-18(3-9,4-10)7-24/h6,8-11,13,24H,1-5,7H2,(H2,19,25)(H2,20,21,22,23). The molecule has 4 fully saturated rings. The Balaban J connectivity index is 1.52. The second kappa shape index (κ2) is 5.17. The zero-order valence-electron chi connectivity index (χ0n) is 14.0. The number of anilines is 1. The van der Waals surface area contributed by atoms with Crippen LogP contribution in [0.2, 0.25) is 0 Å². The minimum atomic E-state index is -0.490. The smallest absolute Gasteiger partial charge is 0.252 e. The summed E-state index contributed by atoms with van der Waals surface area (Å²) in [5, 5.41) is 13.6. The van der Waals surface area contributed by atoms with Gasteiger partial charge in [-0.3, -0.25) is 4.79 Å². The van der Waals surface area contributed by atoms with Crippen molar-refractivity contribution in [3.63, 3.8) is 0 Å². The molecular weight excluding hydrogens is 318 g/mol. The molecule has 0 spiro atoms. The number of aromatic amines is 1. The summed E-state index contributed by atoms with van der Waals surface area (Å²) in [6, 6.07) is 0.302. The molecule has 5 N–H and O–H groups in total. The molecule has 0 radical (unpaired) electrons. The molecule has 25 heavy (non-hydrogen) atoms. The van der Waals surface area contributed by atoms with Crippen molar-refractivity contribution in [2.45, 2.75) is 38.1 Å². The molecule has 4 aliphatic carbocycles. The van der Waals surface area contributed by atoms with E-state index in [1.807, 2.05) is 0 Å². The molecule has 7 nitrogen and oxygen atoms in total. The lowest BCUT2D eigenvalue weighted by atomic mass is 9.48. The molecule has 4 aliphatic rings. The molecular formula is C18H23N5O2. The Morgan fingerprint density at radius 1 is 1.32 bits per heavy atom. The minimum Gasteiger partial charge on any atom is -0.396 e. The summed E-state index contributed by atoms with van der Waals surface area (Å²) in [5.41, 5.74) is 8.12. The van der Waals surface area contributed by atoms with E-state index in [2.05, 4.69) is 20.3 Å². The van der Waals surface area contributed by atoms with Crippen LogP contribution in [0.1, 0.15) is 42.5 Å². The van der Waals surface area contributed by atoms with E-state index in [4.69, 9.17) is 5.73 Å². The van der Waals surface area contributed by atoms with Crippen LogP contribution in [0.5, 0.6) is 0 Å². The van der Waals surface area contributed by atoms with Gasteiger partial charge in [-0.05, 0) is 55.3 Å². The Bertz CT molecular complexity index is 831. The predicted octanol–water partition coefficient (Wildman–Crippen LogP) is 1.66. The maximum atomic E-state index is 11.9. The van der Waals surface area contributed by atoms with E-state index in [-0.39, 0.29) is 5.41 Å². The van der Waals surface area contributed by atoms with E-state index in [1.54, 1.807) is 6.33 Å². The number of carbonyl (C=O) groups is 1. The van der Waals surface area contributed by atoms with E-state index in [1.165, 1.54) is 25.5 Å². The third-order valence-corrected chi connectivity index (χ3v) is 6.76. The minimum absolute atomic E-state index is 0.126. The van der Waals surface area contributed by atoms with Gasteiger partial charge in [0.15, 0.2) is 5.65 Å². The van der Waals surface area contributed by atoms with Gasteiger partial charge in [-0.1, -0.05) is 0 Å². The molecule has 6 rings (SSSR count). The maximum absolute atomic E-state index is 11.9.